The lowest BCUT2D eigenvalue weighted by atomic mass is 9.75. The minimum absolute atomic E-state index is 0.130. The molecule has 0 spiro atoms. The number of halogens is 1. The van der Waals surface area contributed by atoms with E-state index in [4.69, 9.17) is 4.74 Å². The maximum atomic E-state index is 13.3. The molecule has 1 saturated carbocycles. The fourth-order valence-corrected chi connectivity index (χ4v) is 2.95. The van der Waals surface area contributed by atoms with E-state index in [1.165, 1.54) is 18.9 Å². The zero-order valence-electron chi connectivity index (χ0n) is 11.3. The van der Waals surface area contributed by atoms with Crippen LogP contribution < -0.4 is 5.32 Å². The smallest absolute Gasteiger partial charge is 0.123 e. The zero-order chi connectivity index (χ0) is 13.1. The van der Waals surface area contributed by atoms with Crippen LogP contribution in [0.2, 0.25) is 0 Å². The Morgan fingerprint density at radius 3 is 2.74 bits per heavy atom. The molecule has 1 aliphatic heterocycles. The van der Waals surface area contributed by atoms with Crippen LogP contribution in [0.1, 0.15) is 31.2 Å². The predicted octanol–water partition coefficient (Wildman–Crippen LogP) is 2.92. The molecule has 1 N–H and O–H groups in total. The van der Waals surface area contributed by atoms with Gasteiger partial charge in [-0.15, -0.1) is 0 Å². The van der Waals surface area contributed by atoms with E-state index in [0.29, 0.717) is 0 Å². The molecule has 0 bridgehead atoms. The van der Waals surface area contributed by atoms with Crippen LogP contribution in [0.4, 0.5) is 4.39 Å². The Balaban J connectivity index is 1.69. The largest absolute Gasteiger partial charge is 0.381 e. The summed E-state index contributed by atoms with van der Waals surface area (Å²) in [6.07, 6.45) is 5.72. The first-order chi connectivity index (χ1) is 9.26. The molecule has 1 heterocycles. The maximum Gasteiger partial charge on any atom is 0.123 e. The summed E-state index contributed by atoms with van der Waals surface area (Å²) in [5.41, 5.74) is 1.36. The molecule has 0 amide bonds. The predicted molar refractivity (Wildman–Crippen MR) is 73.6 cm³/mol. The molecule has 0 atom stereocenters. The van der Waals surface area contributed by atoms with Gasteiger partial charge in [0.2, 0.25) is 0 Å². The van der Waals surface area contributed by atoms with Crippen molar-refractivity contribution in [3.8, 4) is 0 Å². The van der Waals surface area contributed by atoms with Crippen LogP contribution >= 0.6 is 0 Å². The van der Waals surface area contributed by atoms with E-state index in [1.54, 1.807) is 6.07 Å². The van der Waals surface area contributed by atoms with Crippen molar-refractivity contribution in [3.05, 3.63) is 35.6 Å². The second-order valence-corrected chi connectivity index (χ2v) is 6.07. The van der Waals surface area contributed by atoms with Gasteiger partial charge in [-0.3, -0.25) is 0 Å². The van der Waals surface area contributed by atoms with Gasteiger partial charge < -0.3 is 10.1 Å². The second kappa shape index (κ2) is 5.59. The van der Waals surface area contributed by atoms with E-state index in [2.05, 4.69) is 5.32 Å². The Bertz CT molecular complexity index is 425. The second-order valence-electron chi connectivity index (χ2n) is 6.07. The Labute approximate surface area is 114 Å². The molecule has 104 valence electrons. The third kappa shape index (κ3) is 3.54. The fourth-order valence-electron chi connectivity index (χ4n) is 2.95. The van der Waals surface area contributed by atoms with E-state index in [0.717, 1.165) is 50.6 Å². The van der Waals surface area contributed by atoms with Crippen LogP contribution in [-0.4, -0.2) is 25.8 Å². The maximum absolute atomic E-state index is 13.3. The van der Waals surface area contributed by atoms with Crippen molar-refractivity contribution in [1.82, 2.24) is 5.32 Å². The minimum atomic E-state index is -0.130. The molecule has 19 heavy (non-hydrogen) atoms. The molecule has 0 unspecified atom stereocenters. The molecular formula is C16H22FNO. The summed E-state index contributed by atoms with van der Waals surface area (Å²) in [5, 5.41) is 3.65. The monoisotopic (exact) mass is 263 g/mol. The number of benzene rings is 1. The standard InChI is InChI=1S/C16H22FNO/c17-14-3-1-2-13(10-14)11-16(6-8-19-9-7-16)12-18-15-4-5-15/h1-3,10,15,18H,4-9,11-12H2. The van der Waals surface area contributed by atoms with Gasteiger partial charge in [-0.05, 0) is 55.2 Å². The first kappa shape index (κ1) is 13.1. The van der Waals surface area contributed by atoms with Gasteiger partial charge in [0.25, 0.3) is 0 Å². The third-order valence-corrected chi connectivity index (χ3v) is 4.36. The van der Waals surface area contributed by atoms with Crippen molar-refractivity contribution in [2.45, 2.75) is 38.1 Å². The lowest BCUT2D eigenvalue weighted by molar-refractivity contribution is 0.0147. The molecule has 2 aliphatic rings. The molecule has 2 fully saturated rings. The van der Waals surface area contributed by atoms with Crippen LogP contribution in [0.15, 0.2) is 24.3 Å². The topological polar surface area (TPSA) is 21.3 Å². The average molecular weight is 263 g/mol. The van der Waals surface area contributed by atoms with Crippen molar-refractivity contribution in [3.63, 3.8) is 0 Å². The third-order valence-electron chi connectivity index (χ3n) is 4.36. The van der Waals surface area contributed by atoms with Gasteiger partial charge in [0.1, 0.15) is 5.82 Å². The highest BCUT2D eigenvalue weighted by molar-refractivity contribution is 5.18. The van der Waals surface area contributed by atoms with E-state index in [-0.39, 0.29) is 11.2 Å². The lowest BCUT2D eigenvalue weighted by Crippen LogP contribution is -2.41. The van der Waals surface area contributed by atoms with Crippen molar-refractivity contribution in [1.29, 1.82) is 0 Å². The molecule has 1 aliphatic carbocycles. The van der Waals surface area contributed by atoms with Crippen molar-refractivity contribution in [2.24, 2.45) is 5.41 Å². The highest BCUT2D eigenvalue weighted by Gasteiger charge is 2.34. The van der Waals surface area contributed by atoms with Gasteiger partial charge in [0.05, 0.1) is 0 Å². The average Bonchev–Trinajstić information content (AvgIpc) is 3.22. The Kier molecular flexibility index (Phi) is 3.85. The molecule has 3 rings (SSSR count). The van der Waals surface area contributed by atoms with Gasteiger partial charge in [-0.2, -0.15) is 0 Å². The molecule has 3 heteroatoms. The van der Waals surface area contributed by atoms with Crippen LogP contribution in [0.5, 0.6) is 0 Å². The van der Waals surface area contributed by atoms with Crippen LogP contribution in [-0.2, 0) is 11.2 Å². The summed E-state index contributed by atoms with van der Waals surface area (Å²) in [4.78, 5) is 0. The Morgan fingerprint density at radius 2 is 2.05 bits per heavy atom. The number of rotatable bonds is 5. The first-order valence-corrected chi connectivity index (χ1v) is 7.31. The summed E-state index contributed by atoms with van der Waals surface area (Å²) in [7, 11) is 0. The summed E-state index contributed by atoms with van der Waals surface area (Å²) in [6.45, 7) is 2.71. The molecule has 0 aromatic heterocycles. The van der Waals surface area contributed by atoms with E-state index >= 15 is 0 Å². The minimum Gasteiger partial charge on any atom is -0.381 e. The highest BCUT2D eigenvalue weighted by Crippen LogP contribution is 2.35. The summed E-state index contributed by atoms with van der Waals surface area (Å²) >= 11 is 0. The lowest BCUT2D eigenvalue weighted by Gasteiger charge is -2.38. The molecule has 1 aromatic rings. The van der Waals surface area contributed by atoms with Crippen molar-refractivity contribution >= 4 is 0 Å². The SMILES string of the molecule is Fc1cccc(CC2(CNC3CC3)CCOCC2)c1. The number of ether oxygens (including phenoxy) is 1. The van der Waals surface area contributed by atoms with E-state index in [1.807, 2.05) is 12.1 Å². The Hall–Kier alpha value is -0.930. The summed E-state index contributed by atoms with van der Waals surface area (Å²) in [6, 6.07) is 7.77. The van der Waals surface area contributed by atoms with Gasteiger partial charge in [0.15, 0.2) is 0 Å². The number of hydrogen-bond donors (Lipinski definition) is 1. The van der Waals surface area contributed by atoms with E-state index < -0.39 is 0 Å². The number of hydrogen-bond acceptors (Lipinski definition) is 2. The normalized spacial score (nSPS) is 22.4. The van der Waals surface area contributed by atoms with Gasteiger partial charge in [-0.1, -0.05) is 12.1 Å². The highest BCUT2D eigenvalue weighted by atomic mass is 19.1. The number of nitrogens with one attached hydrogen (secondary N) is 1. The van der Waals surface area contributed by atoms with Crippen LogP contribution in [0, 0.1) is 11.2 Å². The van der Waals surface area contributed by atoms with Crippen LogP contribution in [0.25, 0.3) is 0 Å². The first-order valence-electron chi connectivity index (χ1n) is 7.31. The van der Waals surface area contributed by atoms with Gasteiger partial charge in [-0.25, -0.2) is 4.39 Å². The molecule has 2 nitrogen and oxygen atoms in total. The summed E-state index contributed by atoms with van der Waals surface area (Å²) in [5.74, 6) is -0.130. The fraction of sp³-hybridized carbons (Fsp3) is 0.625. The molecule has 1 saturated heterocycles. The van der Waals surface area contributed by atoms with Crippen molar-refractivity contribution in [2.75, 3.05) is 19.8 Å². The Morgan fingerprint density at radius 1 is 1.26 bits per heavy atom. The van der Waals surface area contributed by atoms with Gasteiger partial charge >= 0.3 is 0 Å². The molecule has 0 radical (unpaired) electrons. The van der Waals surface area contributed by atoms with E-state index in [9.17, 15) is 4.39 Å². The van der Waals surface area contributed by atoms with Crippen LogP contribution in [0.3, 0.4) is 0 Å². The molecule has 1 aromatic carbocycles. The van der Waals surface area contributed by atoms with Gasteiger partial charge in [0, 0.05) is 25.8 Å². The quantitative estimate of drug-likeness (QED) is 0.882. The zero-order valence-corrected chi connectivity index (χ0v) is 11.3. The summed E-state index contributed by atoms with van der Waals surface area (Å²) < 4.78 is 18.8. The molecular weight excluding hydrogens is 241 g/mol. The van der Waals surface area contributed by atoms with Crippen molar-refractivity contribution < 1.29 is 9.13 Å².